The molecule has 586 valence electrons. The molecule has 0 radical (unpaired) electrons. The molecule has 2 saturated carbocycles. The average molecular weight is 1500 g/mol. The van der Waals surface area contributed by atoms with E-state index < -0.39 is 155 Å². The molecule has 2 aliphatic carbocycles. The lowest BCUT2D eigenvalue weighted by Crippen LogP contribution is -2.61. The molecular weight excluding hydrogens is 1380 g/mol. The van der Waals surface area contributed by atoms with Gasteiger partial charge in [0.05, 0.1) is 25.2 Å². The fourth-order valence-electron chi connectivity index (χ4n) is 13.3. The smallest absolute Gasteiger partial charge is 0.408 e. The molecule has 31 heteroatoms. The minimum Gasteiger partial charge on any atom is -0.444 e. The number of rotatable bonds is 28. The zero-order valence-corrected chi connectivity index (χ0v) is 65.9. The van der Waals surface area contributed by atoms with E-state index >= 15 is 0 Å². The van der Waals surface area contributed by atoms with Crippen molar-refractivity contribution in [3.05, 3.63) is 44.8 Å². The molecule has 2 aromatic rings. The fraction of sp³-hybridized carbons (Fsp3) is 0.712. The van der Waals surface area contributed by atoms with Gasteiger partial charge in [0.15, 0.2) is 6.10 Å². The van der Waals surface area contributed by atoms with Crippen LogP contribution in [0.4, 0.5) is 9.59 Å². The van der Waals surface area contributed by atoms with Crippen LogP contribution in [0.1, 0.15) is 192 Å². The molecule has 3 unspecified atom stereocenters. The Balaban J connectivity index is 0.000000530. The number of unbranched alkanes of at least 4 members (excludes halogenated alkanes) is 2. The maximum atomic E-state index is 14.2. The number of nitrogens with one attached hydrogen (secondary N) is 8. The van der Waals surface area contributed by atoms with Gasteiger partial charge in [-0.25, -0.2) is 9.59 Å². The lowest BCUT2D eigenvalue weighted by Gasteiger charge is -2.38. The molecule has 0 bridgehead atoms. The first-order chi connectivity index (χ1) is 47.0. The van der Waals surface area contributed by atoms with Gasteiger partial charge in [0.1, 0.15) is 47.5 Å². The van der Waals surface area contributed by atoms with E-state index in [9.17, 15) is 67.4 Å². The number of likely N-dealkylation sites (tertiary alicyclic amines) is 2. The van der Waals surface area contributed by atoms with E-state index in [0.29, 0.717) is 42.1 Å². The van der Waals surface area contributed by atoms with E-state index in [1.54, 1.807) is 105 Å². The van der Waals surface area contributed by atoms with Crippen LogP contribution in [0.25, 0.3) is 0 Å². The molecule has 0 spiro atoms. The van der Waals surface area contributed by atoms with E-state index in [0.717, 1.165) is 6.42 Å². The standard InChI is InChI=1S/C36H58N6O8S.C36H56N6O8S.CH4.H2O/c2*1-12-13-15-21(27(44)30(46)37-18-23(43)39-25(31(47)41(10)11)22-16-14-17-51-22)38-29(45)26-24-20(36(24,8)9)19-42(26)32(48)28(34(2,3)4)40-33(49)50-35(5,6)7;;/h14,16-17,20-21,24-28,44H,12-13,15,18-19H2,1-11H3,(H,37,46)(H,38,45)(H,39,43)(H,40,49);14,16-17,20-21,24-26,28H,12-13,15,18-19H2,1-11H3,(H,37,46)(H,38,45)(H,39,43)(H,40,49);1H4;1H2/t20-,21?,24-,25-,26-,27?,28+;20-,21?,24-,25-,26-,28+;;/m00../s1. The molecule has 4 fully saturated rings. The van der Waals surface area contributed by atoms with Crippen LogP contribution in [0.2, 0.25) is 0 Å². The Bertz CT molecular complexity index is 3350. The lowest BCUT2D eigenvalue weighted by atomic mass is 9.85. The van der Waals surface area contributed by atoms with Gasteiger partial charge in [-0.2, -0.15) is 0 Å². The van der Waals surface area contributed by atoms with Gasteiger partial charge < -0.3 is 82.2 Å². The molecule has 12 amide bonds. The summed E-state index contributed by atoms with van der Waals surface area (Å²) in [6.45, 7) is 32.8. The zero-order valence-electron chi connectivity index (χ0n) is 64.2. The Labute approximate surface area is 622 Å². The molecular formula is C73H120N12O17S2. The molecule has 6 rings (SSSR count). The monoisotopic (exact) mass is 1500 g/mol. The first-order valence-electron chi connectivity index (χ1n) is 35.1. The molecule has 2 saturated heterocycles. The summed E-state index contributed by atoms with van der Waals surface area (Å²) >= 11 is 2.60. The summed E-state index contributed by atoms with van der Waals surface area (Å²) in [5.74, 6) is -7.03. The second-order valence-corrected chi connectivity index (χ2v) is 34.8. The number of fused-ring (bicyclic) bond motifs is 2. The average Bonchev–Trinajstić information content (AvgIpc) is 1.53. The zero-order chi connectivity index (χ0) is 77.3. The second kappa shape index (κ2) is 36.5. The van der Waals surface area contributed by atoms with Crippen LogP contribution < -0.4 is 42.5 Å². The first-order valence-corrected chi connectivity index (χ1v) is 36.8. The van der Waals surface area contributed by atoms with Crippen molar-refractivity contribution in [3.63, 3.8) is 0 Å². The summed E-state index contributed by atoms with van der Waals surface area (Å²) in [5, 5.41) is 35.8. The number of piperidine rings is 2. The number of carbonyl (C=O) groups is 13. The summed E-state index contributed by atoms with van der Waals surface area (Å²) in [7, 11) is 6.28. The van der Waals surface area contributed by atoms with Crippen LogP contribution in [0.3, 0.4) is 0 Å². The number of carbonyl (C=O) groups excluding carboxylic acids is 13. The number of amides is 12. The molecule has 4 aliphatic rings. The first kappa shape index (κ1) is 90.4. The van der Waals surface area contributed by atoms with Crippen LogP contribution >= 0.6 is 22.7 Å². The van der Waals surface area contributed by atoms with Crippen LogP contribution in [0, 0.1) is 45.3 Å². The Morgan fingerprint density at radius 1 is 0.567 bits per heavy atom. The predicted molar refractivity (Wildman–Crippen MR) is 396 cm³/mol. The molecule has 0 aromatic carbocycles. The summed E-state index contributed by atoms with van der Waals surface area (Å²) in [5.41, 5.74) is -3.47. The number of aliphatic hydroxyl groups excluding tert-OH is 1. The van der Waals surface area contributed by atoms with Gasteiger partial charge in [0, 0.05) is 51.0 Å². The number of Topliss-reactive ketones (excluding diaryl/α,β-unsaturated/α-hetero) is 1. The van der Waals surface area contributed by atoms with Gasteiger partial charge in [0.2, 0.25) is 53.0 Å². The maximum Gasteiger partial charge on any atom is 0.408 e. The Morgan fingerprint density at radius 2 is 0.942 bits per heavy atom. The topological polar surface area (TPSA) is 401 Å². The number of nitrogens with zero attached hydrogens (tertiary/aromatic N) is 4. The van der Waals surface area contributed by atoms with Crippen molar-refractivity contribution >= 4 is 99.7 Å². The Hall–Kier alpha value is -7.77. The SMILES string of the molecule is C.CCCCC(NC(=O)[C@@H]1[C@@H]2[C@H](CN1C(=O)[C@@H](NC(=O)OC(C)(C)C)C(C)(C)C)C2(C)C)C(=O)C(=O)NCC(=O)N[C@H](C(=O)N(C)C)c1cccs1.CCCCC(NC(=O)[C@@H]1[C@@H]2[C@H](CN1C(=O)[C@@H](NC(=O)OC(C)(C)C)C(C)(C)C)C2(C)C)C(O)C(=O)NCC(=O)N[C@H](C(=O)N(C)C)c1cccs1.O. The van der Waals surface area contributed by atoms with E-state index in [1.807, 2.05) is 83.1 Å². The lowest BCUT2D eigenvalue weighted by molar-refractivity contribution is -0.145. The minimum absolute atomic E-state index is 0. The van der Waals surface area contributed by atoms with Crippen molar-refractivity contribution in [1.82, 2.24) is 62.1 Å². The van der Waals surface area contributed by atoms with Crippen molar-refractivity contribution in [1.29, 1.82) is 0 Å². The van der Waals surface area contributed by atoms with Gasteiger partial charge in [-0.1, -0.05) is 128 Å². The third kappa shape index (κ3) is 23.6. The number of hydrogen-bond donors (Lipinski definition) is 9. The molecule has 2 aromatic heterocycles. The molecule has 29 nitrogen and oxygen atoms in total. The highest BCUT2D eigenvalue weighted by Crippen LogP contribution is 2.66. The van der Waals surface area contributed by atoms with Crippen molar-refractivity contribution in [2.75, 3.05) is 54.4 Å². The number of hydrogen-bond acceptors (Lipinski definition) is 18. The summed E-state index contributed by atoms with van der Waals surface area (Å²) in [6, 6.07) is -0.973. The molecule has 4 heterocycles. The third-order valence-electron chi connectivity index (χ3n) is 19.1. The van der Waals surface area contributed by atoms with Crippen LogP contribution in [0.15, 0.2) is 35.0 Å². The largest absolute Gasteiger partial charge is 0.444 e. The van der Waals surface area contributed by atoms with E-state index in [-0.39, 0.29) is 72.1 Å². The summed E-state index contributed by atoms with van der Waals surface area (Å²) < 4.78 is 10.9. The van der Waals surface area contributed by atoms with Crippen molar-refractivity contribution < 1.29 is 82.4 Å². The maximum absolute atomic E-state index is 14.2. The highest BCUT2D eigenvalue weighted by molar-refractivity contribution is 7.10. The van der Waals surface area contributed by atoms with Gasteiger partial charge in [-0.3, -0.25) is 52.7 Å². The number of aliphatic hydroxyl groups is 1. The van der Waals surface area contributed by atoms with Gasteiger partial charge in [-0.05, 0) is 123 Å². The van der Waals surface area contributed by atoms with Crippen molar-refractivity contribution in [2.45, 2.75) is 236 Å². The van der Waals surface area contributed by atoms with E-state index in [4.69, 9.17) is 9.47 Å². The molecule has 104 heavy (non-hydrogen) atoms. The van der Waals surface area contributed by atoms with Crippen molar-refractivity contribution in [2.24, 2.45) is 45.3 Å². The molecule has 13 atom stereocenters. The van der Waals surface area contributed by atoms with Crippen LogP contribution in [-0.2, 0) is 62.2 Å². The van der Waals surface area contributed by atoms with Gasteiger partial charge >= 0.3 is 12.2 Å². The molecule has 2 aliphatic heterocycles. The third-order valence-corrected chi connectivity index (χ3v) is 21.0. The quantitative estimate of drug-likeness (QED) is 0.0497. The number of alkyl carbamates (subject to hydrolysis) is 2. The van der Waals surface area contributed by atoms with Gasteiger partial charge in [0.25, 0.3) is 11.8 Å². The normalized spacial score (nSPS) is 20.9. The van der Waals surface area contributed by atoms with Crippen molar-refractivity contribution in [3.8, 4) is 0 Å². The number of ether oxygens (including phenoxy) is 2. The highest BCUT2D eigenvalue weighted by atomic mass is 32.1. The van der Waals surface area contributed by atoms with E-state index in [1.165, 1.54) is 42.3 Å². The number of ketones is 1. The fourth-order valence-corrected chi connectivity index (χ4v) is 14.8. The minimum atomic E-state index is -1.70. The highest BCUT2D eigenvalue weighted by Gasteiger charge is 2.71. The molecule has 11 N–H and O–H groups in total. The van der Waals surface area contributed by atoms with E-state index in [2.05, 4.69) is 42.5 Å². The Morgan fingerprint density at radius 3 is 1.29 bits per heavy atom. The van der Waals surface area contributed by atoms with Crippen LogP contribution in [0.5, 0.6) is 0 Å². The summed E-state index contributed by atoms with van der Waals surface area (Å²) in [4.78, 5) is 180. The predicted octanol–water partition coefficient (Wildman–Crippen LogP) is 5.16. The van der Waals surface area contributed by atoms with Gasteiger partial charge in [-0.15, -0.1) is 22.7 Å². The second-order valence-electron chi connectivity index (χ2n) is 32.8. The number of likely N-dealkylation sites (N-methyl/N-ethyl adjacent to an activating group) is 2. The Kier molecular flexibility index (Phi) is 31.7. The van der Waals surface area contributed by atoms with Crippen LogP contribution in [-0.4, -0.2) is 215 Å². The summed E-state index contributed by atoms with van der Waals surface area (Å²) in [6.07, 6.45) is -0.239. The number of thiophene rings is 2.